The molecule has 0 bridgehead atoms. The molecule has 3 rings (SSSR count). The fourth-order valence-electron chi connectivity index (χ4n) is 2.76. The number of hydrogen-bond donors (Lipinski definition) is 1. The molecule has 0 radical (unpaired) electrons. The molecule has 0 atom stereocenters. The van der Waals surface area contributed by atoms with E-state index in [4.69, 9.17) is 0 Å². The number of fused-ring (bicyclic) bond motifs is 1. The van der Waals surface area contributed by atoms with Gasteiger partial charge in [-0.2, -0.15) is 5.10 Å². The van der Waals surface area contributed by atoms with E-state index >= 15 is 0 Å². The van der Waals surface area contributed by atoms with Crippen LogP contribution in [0.15, 0.2) is 53.3 Å². The molecule has 0 saturated heterocycles. The second-order valence-corrected chi connectivity index (χ2v) is 5.83. The number of rotatable bonds is 5. The van der Waals surface area contributed by atoms with Crippen LogP contribution in [0.25, 0.3) is 10.8 Å². The molecule has 1 heterocycles. The summed E-state index contributed by atoms with van der Waals surface area (Å²) < 4.78 is 14.4. The van der Waals surface area contributed by atoms with Crippen LogP contribution in [0.3, 0.4) is 0 Å². The Bertz CT molecular complexity index is 982. The van der Waals surface area contributed by atoms with Crippen LogP contribution in [0.5, 0.6) is 0 Å². The van der Waals surface area contributed by atoms with Crippen molar-refractivity contribution >= 4 is 16.7 Å². The monoisotopic (exact) mass is 339 g/mol. The summed E-state index contributed by atoms with van der Waals surface area (Å²) in [4.78, 5) is 24.3. The fraction of sp³-hybridized carbons (Fsp3) is 0.211. The van der Waals surface area contributed by atoms with Crippen LogP contribution < -0.4 is 10.9 Å². The SMILES string of the molecule is Cn1nc(CC(=O)NCCc2cccc(F)c2)c2ccccc2c1=O. The number of carbonyl (C=O) groups is 1. The van der Waals surface area contributed by atoms with Gasteiger partial charge in [0.2, 0.25) is 5.91 Å². The van der Waals surface area contributed by atoms with E-state index in [0.29, 0.717) is 29.4 Å². The third-order valence-electron chi connectivity index (χ3n) is 3.99. The number of aryl methyl sites for hydroxylation is 1. The minimum atomic E-state index is -0.287. The average Bonchev–Trinajstić information content (AvgIpc) is 2.59. The number of nitrogens with one attached hydrogen (secondary N) is 1. The predicted octanol–water partition coefficient (Wildman–Crippen LogP) is 1.97. The fourth-order valence-corrected chi connectivity index (χ4v) is 2.76. The van der Waals surface area contributed by atoms with Crippen molar-refractivity contribution < 1.29 is 9.18 Å². The molecule has 128 valence electrons. The first-order valence-electron chi connectivity index (χ1n) is 8.00. The molecule has 0 aliphatic heterocycles. The van der Waals surface area contributed by atoms with E-state index in [-0.39, 0.29) is 23.7 Å². The molecule has 1 N–H and O–H groups in total. The summed E-state index contributed by atoms with van der Waals surface area (Å²) in [5.74, 6) is -0.475. The average molecular weight is 339 g/mol. The van der Waals surface area contributed by atoms with Gasteiger partial charge in [0.25, 0.3) is 5.56 Å². The van der Waals surface area contributed by atoms with Gasteiger partial charge in [-0.05, 0) is 30.2 Å². The smallest absolute Gasteiger partial charge is 0.274 e. The normalized spacial score (nSPS) is 10.8. The largest absolute Gasteiger partial charge is 0.355 e. The maximum Gasteiger partial charge on any atom is 0.274 e. The molecular weight excluding hydrogens is 321 g/mol. The number of hydrogen-bond acceptors (Lipinski definition) is 3. The molecule has 0 saturated carbocycles. The van der Waals surface area contributed by atoms with Crippen molar-refractivity contribution in [1.82, 2.24) is 15.1 Å². The van der Waals surface area contributed by atoms with E-state index in [2.05, 4.69) is 10.4 Å². The first kappa shape index (κ1) is 16.8. The van der Waals surface area contributed by atoms with Crippen molar-refractivity contribution in [2.24, 2.45) is 7.05 Å². The number of carbonyl (C=O) groups excluding carboxylic acids is 1. The van der Waals surface area contributed by atoms with E-state index in [1.54, 1.807) is 31.3 Å². The van der Waals surface area contributed by atoms with Gasteiger partial charge in [0, 0.05) is 19.0 Å². The van der Waals surface area contributed by atoms with Gasteiger partial charge in [0.1, 0.15) is 5.82 Å². The summed E-state index contributed by atoms with van der Waals surface area (Å²) in [6.07, 6.45) is 0.628. The van der Waals surface area contributed by atoms with Crippen molar-refractivity contribution in [1.29, 1.82) is 0 Å². The van der Waals surface area contributed by atoms with Crippen LogP contribution in [-0.2, 0) is 24.7 Å². The molecule has 0 unspecified atom stereocenters. The molecule has 6 heteroatoms. The van der Waals surface area contributed by atoms with E-state index in [9.17, 15) is 14.0 Å². The highest BCUT2D eigenvalue weighted by Crippen LogP contribution is 2.13. The number of benzene rings is 2. The highest BCUT2D eigenvalue weighted by molar-refractivity contribution is 5.88. The molecule has 0 aliphatic rings. The van der Waals surface area contributed by atoms with Crippen molar-refractivity contribution in [2.45, 2.75) is 12.8 Å². The summed E-state index contributed by atoms with van der Waals surface area (Å²) in [5, 5.41) is 8.25. The van der Waals surface area contributed by atoms with Crippen molar-refractivity contribution in [3.8, 4) is 0 Å². The molecule has 0 fully saturated rings. The molecule has 0 spiro atoms. The van der Waals surface area contributed by atoms with Gasteiger partial charge in [-0.25, -0.2) is 9.07 Å². The Morgan fingerprint density at radius 3 is 2.68 bits per heavy atom. The number of nitrogens with zero attached hydrogens (tertiary/aromatic N) is 2. The lowest BCUT2D eigenvalue weighted by molar-refractivity contribution is -0.120. The van der Waals surface area contributed by atoms with E-state index in [1.165, 1.54) is 16.8 Å². The Kier molecular flexibility index (Phi) is 4.88. The molecule has 5 nitrogen and oxygen atoms in total. The lowest BCUT2D eigenvalue weighted by atomic mass is 10.1. The van der Waals surface area contributed by atoms with Crippen molar-refractivity contribution in [2.75, 3.05) is 6.54 Å². The molecule has 25 heavy (non-hydrogen) atoms. The Morgan fingerprint density at radius 2 is 1.92 bits per heavy atom. The molecule has 0 aliphatic carbocycles. The number of amides is 1. The summed E-state index contributed by atoms with van der Waals surface area (Å²) >= 11 is 0. The van der Waals surface area contributed by atoms with E-state index < -0.39 is 0 Å². The van der Waals surface area contributed by atoms with Crippen LogP contribution in [0.2, 0.25) is 0 Å². The van der Waals surface area contributed by atoms with Gasteiger partial charge >= 0.3 is 0 Å². The van der Waals surface area contributed by atoms with E-state index in [1.807, 2.05) is 12.1 Å². The lowest BCUT2D eigenvalue weighted by Crippen LogP contribution is -2.29. The lowest BCUT2D eigenvalue weighted by Gasteiger charge is -2.09. The predicted molar refractivity (Wildman–Crippen MR) is 93.8 cm³/mol. The first-order chi connectivity index (χ1) is 12.0. The summed E-state index contributed by atoms with van der Waals surface area (Å²) in [6, 6.07) is 13.4. The molecule has 3 aromatic rings. The third kappa shape index (κ3) is 3.91. The first-order valence-corrected chi connectivity index (χ1v) is 8.00. The Labute approximate surface area is 144 Å². The highest BCUT2D eigenvalue weighted by Gasteiger charge is 2.12. The zero-order valence-corrected chi connectivity index (χ0v) is 13.8. The van der Waals surface area contributed by atoms with Gasteiger partial charge in [0.15, 0.2) is 0 Å². The second kappa shape index (κ2) is 7.25. The van der Waals surface area contributed by atoms with Crippen LogP contribution in [-0.4, -0.2) is 22.2 Å². The van der Waals surface area contributed by atoms with E-state index in [0.717, 1.165) is 5.56 Å². The molecular formula is C19H18FN3O2. The van der Waals surface area contributed by atoms with Gasteiger partial charge in [0.05, 0.1) is 17.5 Å². The second-order valence-electron chi connectivity index (χ2n) is 5.83. The van der Waals surface area contributed by atoms with Gasteiger partial charge in [-0.3, -0.25) is 9.59 Å². The minimum Gasteiger partial charge on any atom is -0.355 e. The zero-order chi connectivity index (χ0) is 17.8. The van der Waals surface area contributed by atoms with Crippen LogP contribution in [0.4, 0.5) is 4.39 Å². The quantitative estimate of drug-likeness (QED) is 0.773. The molecule has 1 aromatic heterocycles. The van der Waals surface area contributed by atoms with Gasteiger partial charge < -0.3 is 5.32 Å². The third-order valence-corrected chi connectivity index (χ3v) is 3.99. The summed E-state index contributed by atoms with van der Waals surface area (Å²) in [6.45, 7) is 0.409. The topological polar surface area (TPSA) is 64.0 Å². The number of halogens is 1. The maximum atomic E-state index is 13.1. The zero-order valence-electron chi connectivity index (χ0n) is 13.8. The van der Waals surface area contributed by atoms with Gasteiger partial charge in [-0.1, -0.05) is 30.3 Å². The van der Waals surface area contributed by atoms with Gasteiger partial charge in [-0.15, -0.1) is 0 Å². The van der Waals surface area contributed by atoms with Crippen molar-refractivity contribution in [3.63, 3.8) is 0 Å². The Balaban J connectivity index is 1.68. The Morgan fingerprint density at radius 1 is 1.16 bits per heavy atom. The van der Waals surface area contributed by atoms with Crippen LogP contribution in [0.1, 0.15) is 11.3 Å². The summed E-state index contributed by atoms with van der Waals surface area (Å²) in [5.41, 5.74) is 1.19. The highest BCUT2D eigenvalue weighted by atomic mass is 19.1. The maximum absolute atomic E-state index is 13.1. The molecule has 1 amide bonds. The van der Waals surface area contributed by atoms with Crippen LogP contribution >= 0.6 is 0 Å². The molecule has 2 aromatic carbocycles. The van der Waals surface area contributed by atoms with Crippen molar-refractivity contribution in [3.05, 3.63) is 76.0 Å². The Hall–Kier alpha value is -3.02. The minimum absolute atomic E-state index is 0.0811. The number of aromatic nitrogens is 2. The summed E-state index contributed by atoms with van der Waals surface area (Å²) in [7, 11) is 1.57. The van der Waals surface area contributed by atoms with Crippen LogP contribution in [0, 0.1) is 5.82 Å². The standard InChI is InChI=1S/C19H18FN3O2/c1-23-19(25)16-8-3-2-7-15(16)17(22-23)12-18(24)21-10-9-13-5-4-6-14(20)11-13/h2-8,11H,9-10,12H2,1H3,(H,21,24).